The summed E-state index contributed by atoms with van der Waals surface area (Å²) in [5.74, 6) is -0.575. The summed E-state index contributed by atoms with van der Waals surface area (Å²) in [6.45, 7) is 1.99. The maximum atomic E-state index is 14.0. The van der Waals surface area contributed by atoms with Gasteiger partial charge in [0, 0.05) is 29.2 Å². The van der Waals surface area contributed by atoms with Crippen LogP contribution in [0.25, 0.3) is 16.8 Å². The van der Waals surface area contributed by atoms with Crippen LogP contribution < -0.4 is 5.32 Å². The lowest BCUT2D eigenvalue weighted by atomic mass is 10.1. The van der Waals surface area contributed by atoms with Crippen molar-refractivity contribution in [2.45, 2.75) is 6.92 Å². The lowest BCUT2D eigenvalue weighted by molar-refractivity contribution is 0.102. The molecule has 0 spiro atoms. The van der Waals surface area contributed by atoms with Gasteiger partial charge in [-0.15, -0.1) is 0 Å². The third kappa shape index (κ3) is 3.07. The first-order chi connectivity index (χ1) is 12.6. The van der Waals surface area contributed by atoms with Crippen LogP contribution in [-0.2, 0) is 0 Å². The van der Waals surface area contributed by atoms with Crippen molar-refractivity contribution < 1.29 is 9.18 Å². The van der Waals surface area contributed by atoms with Crippen molar-refractivity contribution in [1.82, 2.24) is 9.38 Å². The number of halogens is 1. The maximum Gasteiger partial charge on any atom is 0.275 e. The summed E-state index contributed by atoms with van der Waals surface area (Å²) >= 11 is 0. The molecule has 0 saturated carbocycles. The van der Waals surface area contributed by atoms with E-state index >= 15 is 0 Å². The number of nitrogens with zero attached hydrogens (tertiary/aromatic N) is 2. The summed E-state index contributed by atoms with van der Waals surface area (Å²) in [5, 5.41) is 2.83. The van der Waals surface area contributed by atoms with Gasteiger partial charge in [0.2, 0.25) is 0 Å². The highest BCUT2D eigenvalue weighted by atomic mass is 19.1. The Balaban J connectivity index is 1.64. The normalized spacial score (nSPS) is 10.8. The fourth-order valence-electron chi connectivity index (χ4n) is 2.79. The minimum atomic E-state index is -0.288. The highest BCUT2D eigenvalue weighted by molar-refractivity contribution is 6.03. The Morgan fingerprint density at radius 2 is 1.77 bits per heavy atom. The summed E-state index contributed by atoms with van der Waals surface area (Å²) in [6.07, 6.45) is 3.41. The van der Waals surface area contributed by atoms with E-state index < -0.39 is 0 Å². The molecule has 0 aliphatic heterocycles. The first-order valence-corrected chi connectivity index (χ1v) is 8.22. The van der Waals surface area contributed by atoms with Gasteiger partial charge in [-0.05, 0) is 37.3 Å². The van der Waals surface area contributed by atoms with Gasteiger partial charge in [0.05, 0.1) is 0 Å². The fraction of sp³-hybridized carbons (Fsp3) is 0.0476. The van der Waals surface area contributed by atoms with Crippen LogP contribution in [0.4, 0.5) is 10.1 Å². The van der Waals surface area contributed by atoms with E-state index in [9.17, 15) is 9.18 Å². The molecule has 0 bridgehead atoms. The molecular formula is C21H16FN3O. The minimum absolute atomic E-state index is 0.287. The number of imidazole rings is 1. The Morgan fingerprint density at radius 3 is 2.54 bits per heavy atom. The SMILES string of the molecule is Cc1ccc(NC(=O)c2cn3cc(-c4ccccc4F)ccc3n2)cc1. The van der Waals surface area contributed by atoms with Crippen LogP contribution in [0, 0.1) is 12.7 Å². The van der Waals surface area contributed by atoms with Gasteiger partial charge in [0.1, 0.15) is 17.2 Å². The number of fused-ring (bicyclic) bond motifs is 1. The second-order valence-corrected chi connectivity index (χ2v) is 6.11. The molecule has 0 atom stereocenters. The highest BCUT2D eigenvalue weighted by Gasteiger charge is 2.12. The first kappa shape index (κ1) is 16.0. The molecule has 4 rings (SSSR count). The van der Waals surface area contributed by atoms with Gasteiger partial charge in [0.15, 0.2) is 0 Å². The lowest BCUT2D eigenvalue weighted by Crippen LogP contribution is -2.12. The molecule has 2 aromatic heterocycles. The lowest BCUT2D eigenvalue weighted by Gasteiger charge is -2.03. The summed E-state index contributed by atoms with van der Waals surface area (Å²) in [5.41, 5.74) is 3.99. The number of carbonyl (C=O) groups excluding carboxylic acids is 1. The predicted molar refractivity (Wildman–Crippen MR) is 99.7 cm³/mol. The Labute approximate surface area is 149 Å². The van der Waals surface area contributed by atoms with Crippen molar-refractivity contribution in [2.24, 2.45) is 0 Å². The maximum absolute atomic E-state index is 14.0. The standard InChI is InChI=1S/C21H16FN3O/c1-14-6-9-16(10-7-14)23-21(26)19-13-25-12-15(8-11-20(25)24-19)17-4-2-3-5-18(17)22/h2-13H,1H3,(H,23,26). The molecule has 4 nitrogen and oxygen atoms in total. The number of aromatic nitrogens is 2. The summed E-state index contributed by atoms with van der Waals surface area (Å²) in [7, 11) is 0. The minimum Gasteiger partial charge on any atom is -0.321 e. The van der Waals surface area contributed by atoms with Crippen molar-refractivity contribution in [2.75, 3.05) is 5.32 Å². The second-order valence-electron chi connectivity index (χ2n) is 6.11. The molecule has 0 aliphatic carbocycles. The molecule has 0 saturated heterocycles. The van der Waals surface area contributed by atoms with Crippen molar-refractivity contribution in [3.63, 3.8) is 0 Å². The van der Waals surface area contributed by atoms with Gasteiger partial charge in [-0.25, -0.2) is 9.37 Å². The number of pyridine rings is 1. The van der Waals surface area contributed by atoms with E-state index in [1.165, 1.54) is 6.07 Å². The van der Waals surface area contributed by atoms with E-state index in [1.807, 2.05) is 31.2 Å². The van der Waals surface area contributed by atoms with E-state index in [1.54, 1.807) is 47.1 Å². The molecule has 0 unspecified atom stereocenters. The third-order valence-corrected chi connectivity index (χ3v) is 4.18. The highest BCUT2D eigenvalue weighted by Crippen LogP contribution is 2.23. The number of anilines is 1. The molecule has 2 aromatic carbocycles. The number of nitrogens with one attached hydrogen (secondary N) is 1. The summed E-state index contributed by atoms with van der Waals surface area (Å²) in [4.78, 5) is 16.8. The van der Waals surface area contributed by atoms with Crippen LogP contribution in [0.2, 0.25) is 0 Å². The van der Waals surface area contributed by atoms with Crippen LogP contribution in [0.5, 0.6) is 0 Å². The molecular weight excluding hydrogens is 329 g/mol. The average molecular weight is 345 g/mol. The smallest absolute Gasteiger partial charge is 0.275 e. The quantitative estimate of drug-likeness (QED) is 0.585. The molecule has 5 heteroatoms. The summed E-state index contributed by atoms with van der Waals surface area (Å²) < 4.78 is 15.7. The second kappa shape index (κ2) is 6.44. The zero-order valence-corrected chi connectivity index (χ0v) is 14.1. The zero-order valence-electron chi connectivity index (χ0n) is 14.1. The molecule has 2 heterocycles. The van der Waals surface area contributed by atoms with Gasteiger partial charge in [-0.3, -0.25) is 4.79 Å². The van der Waals surface area contributed by atoms with Crippen LogP contribution in [0.15, 0.2) is 73.1 Å². The number of carbonyl (C=O) groups is 1. The number of rotatable bonds is 3. The number of benzene rings is 2. The molecule has 0 radical (unpaired) electrons. The van der Waals surface area contributed by atoms with Crippen LogP contribution in [0.1, 0.15) is 16.1 Å². The van der Waals surface area contributed by atoms with Gasteiger partial charge in [-0.1, -0.05) is 35.9 Å². The number of aryl methyl sites for hydroxylation is 1. The summed E-state index contributed by atoms with van der Waals surface area (Å²) in [6, 6.07) is 17.7. The molecule has 1 amide bonds. The molecule has 128 valence electrons. The Bertz CT molecular complexity index is 1100. The van der Waals surface area contributed by atoms with E-state index in [0.29, 0.717) is 22.6 Å². The van der Waals surface area contributed by atoms with Crippen molar-refractivity contribution in [1.29, 1.82) is 0 Å². The number of hydrogen-bond acceptors (Lipinski definition) is 2. The van der Waals surface area contributed by atoms with E-state index in [2.05, 4.69) is 10.3 Å². The first-order valence-electron chi connectivity index (χ1n) is 8.22. The van der Waals surface area contributed by atoms with Crippen molar-refractivity contribution >= 4 is 17.2 Å². The largest absolute Gasteiger partial charge is 0.321 e. The Hall–Kier alpha value is -3.47. The zero-order chi connectivity index (χ0) is 18.1. The molecule has 1 N–H and O–H groups in total. The topological polar surface area (TPSA) is 46.4 Å². The van der Waals surface area contributed by atoms with Gasteiger partial charge < -0.3 is 9.72 Å². The van der Waals surface area contributed by atoms with E-state index in [0.717, 1.165) is 11.1 Å². The average Bonchev–Trinajstić information content (AvgIpc) is 3.07. The number of amides is 1. The van der Waals surface area contributed by atoms with Crippen molar-refractivity contribution in [3.8, 4) is 11.1 Å². The Morgan fingerprint density at radius 1 is 1.00 bits per heavy atom. The molecule has 0 aliphatic rings. The van der Waals surface area contributed by atoms with Crippen LogP contribution in [0.3, 0.4) is 0 Å². The number of hydrogen-bond donors (Lipinski definition) is 1. The van der Waals surface area contributed by atoms with Gasteiger partial charge in [-0.2, -0.15) is 0 Å². The van der Waals surface area contributed by atoms with Crippen molar-refractivity contribution in [3.05, 3.63) is 90.1 Å². The third-order valence-electron chi connectivity index (χ3n) is 4.18. The van der Waals surface area contributed by atoms with E-state index in [-0.39, 0.29) is 11.7 Å². The fourth-order valence-corrected chi connectivity index (χ4v) is 2.79. The molecule has 4 aromatic rings. The van der Waals surface area contributed by atoms with Crippen LogP contribution in [-0.4, -0.2) is 15.3 Å². The molecule has 0 fully saturated rings. The van der Waals surface area contributed by atoms with Gasteiger partial charge >= 0.3 is 0 Å². The predicted octanol–water partition coefficient (Wildman–Crippen LogP) is 4.70. The van der Waals surface area contributed by atoms with Gasteiger partial charge in [0.25, 0.3) is 5.91 Å². The monoisotopic (exact) mass is 345 g/mol. The van der Waals surface area contributed by atoms with E-state index in [4.69, 9.17) is 0 Å². The Kier molecular flexibility index (Phi) is 3.97. The molecule has 26 heavy (non-hydrogen) atoms. The van der Waals surface area contributed by atoms with Crippen LogP contribution >= 0.6 is 0 Å².